The van der Waals surface area contributed by atoms with Gasteiger partial charge in [-0.3, -0.25) is 9.69 Å². The standard InChI is InChI=1S/C18H18N4O7/c19-17(27)29-7-9-5-8-6-21(18(28)20-10-1-3-11(23)4-2-10)14-12(8)22(15(14)24)13(9)16(25)26/h1-4,8,12,14,23H,5-7H2,(H2,19,27)(H,20,28)(H,25,26)/t8-,12-,14+/m1/s1. The number of aromatic hydroxyl groups is 1. The van der Waals surface area contributed by atoms with Gasteiger partial charge in [-0.25, -0.2) is 14.4 Å². The Morgan fingerprint density at radius 1 is 1.24 bits per heavy atom. The Bertz CT molecular complexity index is 942. The molecule has 0 saturated carbocycles. The average Bonchev–Trinajstić information content (AvgIpc) is 3.03. The van der Waals surface area contributed by atoms with E-state index in [2.05, 4.69) is 5.32 Å². The van der Waals surface area contributed by atoms with Crippen molar-refractivity contribution in [2.24, 2.45) is 11.7 Å². The van der Waals surface area contributed by atoms with Crippen LogP contribution in [0.15, 0.2) is 35.5 Å². The van der Waals surface area contributed by atoms with E-state index in [1.807, 2.05) is 0 Å². The molecule has 0 unspecified atom stereocenters. The summed E-state index contributed by atoms with van der Waals surface area (Å²) >= 11 is 0. The third kappa shape index (κ3) is 3.00. The lowest BCUT2D eigenvalue weighted by Gasteiger charge is -2.49. The first kappa shape index (κ1) is 18.6. The monoisotopic (exact) mass is 402 g/mol. The molecule has 4 amide bonds. The smallest absolute Gasteiger partial charge is 0.404 e. The van der Waals surface area contributed by atoms with Crippen molar-refractivity contribution in [1.29, 1.82) is 0 Å². The number of phenolic OH excluding ortho intramolecular Hbond substituents is 1. The minimum atomic E-state index is -1.30. The molecule has 152 valence electrons. The Morgan fingerprint density at radius 3 is 2.55 bits per heavy atom. The first-order chi connectivity index (χ1) is 13.8. The third-order valence-corrected chi connectivity index (χ3v) is 5.42. The Hall–Kier alpha value is -3.76. The fourth-order valence-corrected chi connectivity index (χ4v) is 4.27. The summed E-state index contributed by atoms with van der Waals surface area (Å²) in [7, 11) is 0. The van der Waals surface area contributed by atoms with Crippen LogP contribution in [0.3, 0.4) is 0 Å². The SMILES string of the molecule is NC(=O)OCC1=C(C(=O)O)N2C(=O)[C@@H]3[C@H]2[C@H](C1)CN3C(=O)Nc1ccc(O)cc1. The number of anilines is 1. The summed E-state index contributed by atoms with van der Waals surface area (Å²) in [6.07, 6.45) is -0.776. The number of nitrogens with one attached hydrogen (secondary N) is 1. The van der Waals surface area contributed by atoms with Gasteiger partial charge in [-0.2, -0.15) is 0 Å². The number of nitrogens with two attached hydrogens (primary N) is 1. The van der Waals surface area contributed by atoms with Crippen molar-refractivity contribution in [3.05, 3.63) is 35.5 Å². The number of rotatable bonds is 4. The van der Waals surface area contributed by atoms with Crippen LogP contribution in [-0.4, -0.2) is 69.2 Å². The van der Waals surface area contributed by atoms with E-state index in [-0.39, 0.29) is 42.5 Å². The summed E-state index contributed by atoms with van der Waals surface area (Å²) in [6.45, 7) is -0.0806. The van der Waals surface area contributed by atoms with Gasteiger partial charge in [0.25, 0.3) is 5.91 Å². The van der Waals surface area contributed by atoms with E-state index in [1.165, 1.54) is 34.1 Å². The van der Waals surface area contributed by atoms with E-state index in [1.54, 1.807) is 0 Å². The highest BCUT2D eigenvalue weighted by Gasteiger charge is 2.64. The van der Waals surface area contributed by atoms with Crippen molar-refractivity contribution >= 4 is 29.7 Å². The summed E-state index contributed by atoms with van der Waals surface area (Å²) in [6, 6.07) is 4.22. The molecule has 3 heterocycles. The number of primary amides is 1. The first-order valence-corrected chi connectivity index (χ1v) is 8.85. The molecule has 1 aromatic carbocycles. The minimum Gasteiger partial charge on any atom is -0.508 e. The van der Waals surface area contributed by atoms with Crippen LogP contribution in [0, 0.1) is 5.92 Å². The van der Waals surface area contributed by atoms with Gasteiger partial charge in [0.2, 0.25) is 0 Å². The third-order valence-electron chi connectivity index (χ3n) is 5.42. The number of urea groups is 1. The number of phenols is 1. The highest BCUT2D eigenvalue weighted by atomic mass is 16.5. The normalized spacial score (nSPS) is 24.7. The van der Waals surface area contributed by atoms with Crippen LogP contribution in [0.2, 0.25) is 0 Å². The Morgan fingerprint density at radius 2 is 1.93 bits per heavy atom. The molecular weight excluding hydrogens is 384 g/mol. The van der Waals surface area contributed by atoms with Crippen molar-refractivity contribution in [2.45, 2.75) is 18.5 Å². The second kappa shape index (κ2) is 6.69. The zero-order valence-corrected chi connectivity index (χ0v) is 15.1. The van der Waals surface area contributed by atoms with Crippen LogP contribution in [0.1, 0.15) is 6.42 Å². The predicted molar refractivity (Wildman–Crippen MR) is 96.6 cm³/mol. The number of ether oxygens (including phenoxy) is 1. The highest BCUT2D eigenvalue weighted by molar-refractivity contribution is 6.03. The van der Waals surface area contributed by atoms with Gasteiger partial charge in [0.05, 0.1) is 6.04 Å². The molecule has 11 nitrogen and oxygen atoms in total. The van der Waals surface area contributed by atoms with Gasteiger partial charge in [0.1, 0.15) is 24.1 Å². The van der Waals surface area contributed by atoms with Gasteiger partial charge in [0, 0.05) is 18.2 Å². The number of hydrogen-bond acceptors (Lipinski definition) is 6. The predicted octanol–water partition coefficient (Wildman–Crippen LogP) is 0.273. The first-order valence-electron chi connectivity index (χ1n) is 8.85. The topological polar surface area (TPSA) is 162 Å². The van der Waals surface area contributed by atoms with Gasteiger partial charge in [-0.1, -0.05) is 0 Å². The quantitative estimate of drug-likeness (QED) is 0.415. The number of carboxylic acid groups (broad SMARTS) is 1. The molecule has 2 fully saturated rings. The van der Waals surface area contributed by atoms with E-state index in [9.17, 15) is 29.4 Å². The molecule has 3 aliphatic heterocycles. The highest BCUT2D eigenvalue weighted by Crippen LogP contribution is 2.47. The summed E-state index contributed by atoms with van der Waals surface area (Å²) < 4.78 is 4.74. The van der Waals surface area contributed by atoms with Crippen molar-refractivity contribution in [3.63, 3.8) is 0 Å². The van der Waals surface area contributed by atoms with Crippen LogP contribution in [0.5, 0.6) is 5.75 Å². The Kier molecular flexibility index (Phi) is 4.29. The van der Waals surface area contributed by atoms with E-state index in [0.29, 0.717) is 5.69 Å². The molecule has 0 spiro atoms. The van der Waals surface area contributed by atoms with Crippen molar-refractivity contribution in [1.82, 2.24) is 9.80 Å². The average molecular weight is 402 g/mol. The zero-order chi connectivity index (χ0) is 20.9. The number of benzene rings is 1. The van der Waals surface area contributed by atoms with Gasteiger partial charge in [-0.15, -0.1) is 0 Å². The van der Waals surface area contributed by atoms with Gasteiger partial charge < -0.3 is 30.9 Å². The number of carboxylic acids is 1. The number of hydrogen-bond donors (Lipinski definition) is 4. The van der Waals surface area contributed by atoms with E-state index in [0.717, 1.165) is 0 Å². The molecule has 3 atom stereocenters. The molecule has 0 aromatic heterocycles. The molecule has 5 N–H and O–H groups in total. The van der Waals surface area contributed by atoms with Gasteiger partial charge in [-0.05, 0) is 36.3 Å². The summed E-state index contributed by atoms with van der Waals surface area (Å²) in [5, 5.41) is 21.6. The lowest BCUT2D eigenvalue weighted by atomic mass is 9.79. The number of nitrogens with zero attached hydrogens (tertiary/aromatic N) is 2. The second-order valence-electron chi connectivity index (χ2n) is 7.10. The molecule has 29 heavy (non-hydrogen) atoms. The lowest BCUT2D eigenvalue weighted by molar-refractivity contribution is -0.155. The Labute approximate surface area is 164 Å². The molecule has 1 aromatic rings. The molecule has 11 heteroatoms. The van der Waals surface area contributed by atoms with Crippen LogP contribution in [0.25, 0.3) is 0 Å². The fourth-order valence-electron chi connectivity index (χ4n) is 4.27. The van der Waals surface area contributed by atoms with Gasteiger partial charge in [0.15, 0.2) is 0 Å². The number of carbonyl (C=O) groups excluding carboxylic acids is 3. The van der Waals surface area contributed by atoms with E-state index < -0.39 is 36.1 Å². The van der Waals surface area contributed by atoms with Crippen LogP contribution >= 0.6 is 0 Å². The summed E-state index contributed by atoms with van der Waals surface area (Å²) in [5.41, 5.74) is 5.49. The molecular formula is C18H18N4O7. The fraction of sp³-hybridized carbons (Fsp3) is 0.333. The minimum absolute atomic E-state index is 0.0537. The maximum absolute atomic E-state index is 12.7. The number of likely N-dealkylation sites (tertiary alicyclic amines) is 1. The second-order valence-corrected chi connectivity index (χ2v) is 7.10. The van der Waals surface area contributed by atoms with Crippen LogP contribution < -0.4 is 11.1 Å². The molecule has 0 radical (unpaired) electrons. The maximum atomic E-state index is 12.7. The zero-order valence-electron chi connectivity index (χ0n) is 15.1. The summed E-state index contributed by atoms with van der Waals surface area (Å²) in [4.78, 5) is 50.6. The number of β-lactam (4-membered cyclic amide) rings is 1. The maximum Gasteiger partial charge on any atom is 0.404 e. The Balaban J connectivity index is 1.54. The van der Waals surface area contributed by atoms with Crippen molar-refractivity contribution < 1.29 is 34.1 Å². The van der Waals surface area contributed by atoms with E-state index in [4.69, 9.17) is 10.5 Å². The molecule has 2 saturated heterocycles. The molecule has 3 aliphatic rings. The number of carbonyl (C=O) groups is 4. The van der Waals surface area contributed by atoms with Crippen LogP contribution in [0.4, 0.5) is 15.3 Å². The van der Waals surface area contributed by atoms with Gasteiger partial charge >= 0.3 is 18.1 Å². The molecule has 4 rings (SSSR count). The lowest BCUT2D eigenvalue weighted by Crippen LogP contribution is -2.69. The number of aliphatic carboxylic acids is 1. The van der Waals surface area contributed by atoms with Crippen molar-refractivity contribution in [2.75, 3.05) is 18.5 Å². The number of amides is 4. The molecule has 0 bridgehead atoms. The van der Waals surface area contributed by atoms with E-state index >= 15 is 0 Å². The van der Waals surface area contributed by atoms with Crippen molar-refractivity contribution in [3.8, 4) is 5.75 Å². The molecule has 0 aliphatic carbocycles. The largest absolute Gasteiger partial charge is 0.508 e. The van der Waals surface area contributed by atoms with Crippen LogP contribution in [-0.2, 0) is 14.3 Å². The summed E-state index contributed by atoms with van der Waals surface area (Å²) in [5.74, 6) is -1.92.